The standard InChI is InChI=1S/C20H25NO4/c1-14(15-6-9-17(23-3)10-7-15)12-20(22)21(2)16-8-11-18(24-4)19(13-16)25-5/h6-11,13-14H,12H2,1-5H3. The van der Waals surface area contributed by atoms with Crippen molar-refractivity contribution in [3.05, 3.63) is 48.0 Å². The number of carbonyl (C=O) groups excluding carboxylic acids is 1. The summed E-state index contributed by atoms with van der Waals surface area (Å²) in [6.45, 7) is 2.04. The van der Waals surface area contributed by atoms with Crippen LogP contribution in [0.3, 0.4) is 0 Å². The van der Waals surface area contributed by atoms with Gasteiger partial charge >= 0.3 is 0 Å². The summed E-state index contributed by atoms with van der Waals surface area (Å²) in [6.07, 6.45) is 0.414. The van der Waals surface area contributed by atoms with E-state index in [0.29, 0.717) is 17.9 Å². The number of anilines is 1. The van der Waals surface area contributed by atoms with Gasteiger partial charge in [-0.15, -0.1) is 0 Å². The maximum Gasteiger partial charge on any atom is 0.227 e. The highest BCUT2D eigenvalue weighted by Crippen LogP contribution is 2.32. The van der Waals surface area contributed by atoms with Crippen LogP contribution < -0.4 is 19.1 Å². The van der Waals surface area contributed by atoms with E-state index in [-0.39, 0.29) is 11.8 Å². The zero-order chi connectivity index (χ0) is 18.4. The molecule has 2 aromatic rings. The van der Waals surface area contributed by atoms with Crippen LogP contribution in [-0.4, -0.2) is 34.3 Å². The quantitative estimate of drug-likeness (QED) is 0.766. The van der Waals surface area contributed by atoms with Crippen molar-refractivity contribution in [2.45, 2.75) is 19.3 Å². The Kier molecular flexibility index (Phi) is 6.28. The predicted octanol–water partition coefficient (Wildman–Crippen LogP) is 3.87. The van der Waals surface area contributed by atoms with Gasteiger partial charge in [-0.2, -0.15) is 0 Å². The Morgan fingerprint density at radius 3 is 2.16 bits per heavy atom. The second-order valence-corrected chi connectivity index (χ2v) is 5.87. The fourth-order valence-electron chi connectivity index (χ4n) is 2.63. The van der Waals surface area contributed by atoms with Crippen molar-refractivity contribution in [2.75, 3.05) is 33.3 Å². The number of hydrogen-bond acceptors (Lipinski definition) is 4. The van der Waals surface area contributed by atoms with Gasteiger partial charge in [-0.1, -0.05) is 19.1 Å². The Labute approximate surface area is 149 Å². The third kappa shape index (κ3) is 4.44. The molecule has 1 unspecified atom stereocenters. The van der Waals surface area contributed by atoms with Gasteiger partial charge in [0.25, 0.3) is 0 Å². The van der Waals surface area contributed by atoms with Gasteiger partial charge in [0.05, 0.1) is 21.3 Å². The molecule has 0 saturated heterocycles. The van der Waals surface area contributed by atoms with E-state index >= 15 is 0 Å². The molecule has 5 heteroatoms. The zero-order valence-electron chi connectivity index (χ0n) is 15.4. The molecule has 1 amide bonds. The van der Waals surface area contributed by atoms with Gasteiger partial charge in [-0.3, -0.25) is 4.79 Å². The van der Waals surface area contributed by atoms with Gasteiger partial charge in [-0.25, -0.2) is 0 Å². The van der Waals surface area contributed by atoms with Gasteiger partial charge in [0.1, 0.15) is 5.75 Å². The first-order valence-electron chi connectivity index (χ1n) is 8.12. The highest BCUT2D eigenvalue weighted by Gasteiger charge is 2.17. The molecule has 0 radical (unpaired) electrons. The molecule has 1 atom stereocenters. The van der Waals surface area contributed by atoms with Crippen molar-refractivity contribution in [1.82, 2.24) is 0 Å². The first-order valence-corrected chi connectivity index (χ1v) is 8.12. The Bertz CT molecular complexity index is 712. The molecular weight excluding hydrogens is 318 g/mol. The minimum absolute atomic E-state index is 0.0375. The van der Waals surface area contributed by atoms with Crippen molar-refractivity contribution < 1.29 is 19.0 Å². The van der Waals surface area contributed by atoms with Crippen molar-refractivity contribution in [3.63, 3.8) is 0 Å². The molecule has 0 heterocycles. The largest absolute Gasteiger partial charge is 0.497 e. The van der Waals surface area contributed by atoms with Crippen molar-refractivity contribution in [1.29, 1.82) is 0 Å². The number of methoxy groups -OCH3 is 3. The summed E-state index contributed by atoms with van der Waals surface area (Å²) in [5, 5.41) is 0. The van der Waals surface area contributed by atoms with Crippen LogP contribution in [0.4, 0.5) is 5.69 Å². The molecule has 25 heavy (non-hydrogen) atoms. The zero-order valence-corrected chi connectivity index (χ0v) is 15.4. The molecule has 5 nitrogen and oxygen atoms in total. The molecule has 0 spiro atoms. The second kappa shape index (κ2) is 8.42. The minimum Gasteiger partial charge on any atom is -0.497 e. The lowest BCUT2D eigenvalue weighted by molar-refractivity contribution is -0.118. The first-order chi connectivity index (χ1) is 12.0. The van der Waals surface area contributed by atoms with Gasteiger partial charge < -0.3 is 19.1 Å². The van der Waals surface area contributed by atoms with Crippen LogP contribution in [-0.2, 0) is 4.79 Å². The smallest absolute Gasteiger partial charge is 0.227 e. The van der Waals surface area contributed by atoms with Crippen LogP contribution in [0.1, 0.15) is 24.8 Å². The molecule has 0 aliphatic heterocycles. The van der Waals surface area contributed by atoms with Crippen LogP contribution in [0.2, 0.25) is 0 Å². The third-order valence-corrected chi connectivity index (χ3v) is 4.29. The predicted molar refractivity (Wildman–Crippen MR) is 99.0 cm³/mol. The molecule has 0 N–H and O–H groups in total. The Morgan fingerprint density at radius 1 is 0.960 bits per heavy atom. The second-order valence-electron chi connectivity index (χ2n) is 5.87. The Balaban J connectivity index is 2.08. The normalized spacial score (nSPS) is 11.6. The molecule has 2 rings (SSSR count). The summed E-state index contributed by atoms with van der Waals surface area (Å²) in [4.78, 5) is 14.3. The molecular formula is C20H25NO4. The van der Waals surface area contributed by atoms with Gasteiger partial charge in [0, 0.05) is 25.2 Å². The fourth-order valence-corrected chi connectivity index (χ4v) is 2.63. The van der Waals surface area contributed by atoms with Gasteiger partial charge in [0.2, 0.25) is 5.91 Å². The molecule has 0 aliphatic carbocycles. The molecule has 0 aromatic heterocycles. The Morgan fingerprint density at radius 2 is 1.60 bits per heavy atom. The van der Waals surface area contributed by atoms with Crippen LogP contribution in [0.25, 0.3) is 0 Å². The maximum absolute atomic E-state index is 12.6. The Hall–Kier alpha value is -2.69. The number of nitrogens with zero attached hydrogens (tertiary/aromatic N) is 1. The average Bonchev–Trinajstić information content (AvgIpc) is 2.66. The maximum atomic E-state index is 12.6. The summed E-state index contributed by atoms with van der Waals surface area (Å²) < 4.78 is 15.7. The van der Waals surface area contributed by atoms with E-state index in [1.165, 1.54) is 0 Å². The molecule has 0 saturated carbocycles. The number of ether oxygens (including phenoxy) is 3. The van der Waals surface area contributed by atoms with E-state index in [1.807, 2.05) is 37.3 Å². The number of benzene rings is 2. The van der Waals surface area contributed by atoms with E-state index in [0.717, 1.165) is 17.0 Å². The molecule has 0 bridgehead atoms. The monoisotopic (exact) mass is 343 g/mol. The van der Waals surface area contributed by atoms with Crippen LogP contribution in [0.5, 0.6) is 17.2 Å². The highest BCUT2D eigenvalue weighted by atomic mass is 16.5. The van der Waals surface area contributed by atoms with E-state index in [4.69, 9.17) is 14.2 Å². The number of carbonyl (C=O) groups is 1. The first kappa shape index (κ1) is 18.6. The van der Waals surface area contributed by atoms with Crippen LogP contribution in [0, 0.1) is 0 Å². The highest BCUT2D eigenvalue weighted by molar-refractivity contribution is 5.93. The van der Waals surface area contributed by atoms with Crippen molar-refractivity contribution in [2.24, 2.45) is 0 Å². The lowest BCUT2D eigenvalue weighted by Crippen LogP contribution is -2.27. The lowest BCUT2D eigenvalue weighted by atomic mass is 9.97. The molecule has 134 valence electrons. The SMILES string of the molecule is COc1ccc(C(C)CC(=O)N(C)c2ccc(OC)c(OC)c2)cc1. The molecule has 0 fully saturated rings. The van der Waals surface area contributed by atoms with E-state index < -0.39 is 0 Å². The number of hydrogen-bond donors (Lipinski definition) is 0. The van der Waals surface area contributed by atoms with Crippen LogP contribution >= 0.6 is 0 Å². The average molecular weight is 343 g/mol. The van der Waals surface area contributed by atoms with Crippen molar-refractivity contribution in [3.8, 4) is 17.2 Å². The summed E-state index contributed by atoms with van der Waals surface area (Å²) >= 11 is 0. The van der Waals surface area contributed by atoms with Crippen LogP contribution in [0.15, 0.2) is 42.5 Å². The summed E-state index contributed by atoms with van der Waals surface area (Å²) in [5.41, 5.74) is 1.87. The number of rotatable bonds is 7. The topological polar surface area (TPSA) is 48.0 Å². The van der Waals surface area contributed by atoms with E-state index in [2.05, 4.69) is 0 Å². The molecule has 2 aromatic carbocycles. The fraction of sp³-hybridized carbons (Fsp3) is 0.350. The number of amides is 1. The summed E-state index contributed by atoms with van der Waals surface area (Å²) in [7, 11) is 6.57. The van der Waals surface area contributed by atoms with Crippen molar-refractivity contribution >= 4 is 11.6 Å². The lowest BCUT2D eigenvalue weighted by Gasteiger charge is -2.21. The third-order valence-electron chi connectivity index (χ3n) is 4.29. The van der Waals surface area contributed by atoms with Gasteiger partial charge in [0.15, 0.2) is 11.5 Å². The molecule has 0 aliphatic rings. The van der Waals surface area contributed by atoms with E-state index in [1.54, 1.807) is 45.4 Å². The van der Waals surface area contributed by atoms with Gasteiger partial charge in [-0.05, 0) is 35.7 Å². The van der Waals surface area contributed by atoms with E-state index in [9.17, 15) is 4.79 Å². The summed E-state index contributed by atoms with van der Waals surface area (Å²) in [6, 6.07) is 13.3. The summed E-state index contributed by atoms with van der Waals surface area (Å²) in [5.74, 6) is 2.20. The minimum atomic E-state index is 0.0375.